The molecule has 1 amide bonds. The lowest BCUT2D eigenvalue weighted by Gasteiger charge is -2.35. The van der Waals surface area contributed by atoms with Crippen LogP contribution in [0.25, 0.3) is 0 Å². The zero-order valence-electron chi connectivity index (χ0n) is 16.8. The number of carbonyl (C=O) groups is 1. The highest BCUT2D eigenvalue weighted by Gasteiger charge is 2.28. The summed E-state index contributed by atoms with van der Waals surface area (Å²) in [4.78, 5) is 20.9. The van der Waals surface area contributed by atoms with Gasteiger partial charge in [0.1, 0.15) is 5.00 Å². The molecule has 0 radical (unpaired) electrons. The van der Waals surface area contributed by atoms with Crippen molar-refractivity contribution in [1.82, 2.24) is 9.88 Å². The lowest BCUT2D eigenvalue weighted by atomic mass is 9.96. The van der Waals surface area contributed by atoms with Crippen LogP contribution in [0.1, 0.15) is 58.6 Å². The SMILES string of the molecule is CCc1cc([C@@H](c2ccncc2)N2CCCCC2)c(NC(=O)c2ccccc2)s1. The van der Waals surface area contributed by atoms with Crippen molar-refractivity contribution >= 4 is 22.2 Å². The average molecular weight is 406 g/mol. The van der Waals surface area contributed by atoms with Crippen LogP contribution in [0.15, 0.2) is 60.9 Å². The molecule has 1 aliphatic heterocycles. The molecule has 1 saturated heterocycles. The maximum atomic E-state index is 12.9. The number of likely N-dealkylation sites (tertiary alicyclic amines) is 1. The minimum Gasteiger partial charge on any atom is -0.313 e. The second-order valence-electron chi connectivity index (χ2n) is 7.45. The number of hydrogen-bond donors (Lipinski definition) is 1. The van der Waals surface area contributed by atoms with Gasteiger partial charge < -0.3 is 5.32 Å². The van der Waals surface area contributed by atoms with Gasteiger partial charge in [-0.2, -0.15) is 0 Å². The summed E-state index contributed by atoms with van der Waals surface area (Å²) in [6.45, 7) is 4.33. The number of carbonyl (C=O) groups excluding carboxylic acids is 1. The highest BCUT2D eigenvalue weighted by atomic mass is 32.1. The fourth-order valence-electron chi connectivity index (χ4n) is 4.01. The van der Waals surface area contributed by atoms with Crippen LogP contribution < -0.4 is 5.32 Å². The van der Waals surface area contributed by atoms with Gasteiger partial charge in [0, 0.05) is 28.4 Å². The number of pyridine rings is 1. The fraction of sp³-hybridized carbons (Fsp3) is 0.333. The van der Waals surface area contributed by atoms with Crippen LogP contribution in [0.2, 0.25) is 0 Å². The number of piperidine rings is 1. The van der Waals surface area contributed by atoms with E-state index in [2.05, 4.69) is 40.3 Å². The minimum atomic E-state index is -0.0523. The number of benzene rings is 1. The number of rotatable bonds is 6. The molecule has 0 bridgehead atoms. The number of hydrogen-bond acceptors (Lipinski definition) is 4. The molecule has 2 aromatic heterocycles. The molecular weight excluding hydrogens is 378 g/mol. The third kappa shape index (κ3) is 4.57. The van der Waals surface area contributed by atoms with Gasteiger partial charge in [-0.15, -0.1) is 11.3 Å². The Morgan fingerprint density at radius 2 is 1.83 bits per heavy atom. The van der Waals surface area contributed by atoms with Crippen molar-refractivity contribution in [2.45, 2.75) is 38.6 Å². The van der Waals surface area contributed by atoms with E-state index in [-0.39, 0.29) is 11.9 Å². The van der Waals surface area contributed by atoms with Crippen LogP contribution >= 0.6 is 11.3 Å². The average Bonchev–Trinajstić information content (AvgIpc) is 3.18. The maximum absolute atomic E-state index is 12.9. The first-order valence-corrected chi connectivity index (χ1v) is 11.2. The van der Waals surface area contributed by atoms with Crippen LogP contribution in [-0.2, 0) is 6.42 Å². The number of aryl methyl sites for hydroxylation is 1. The predicted octanol–water partition coefficient (Wildman–Crippen LogP) is 5.53. The lowest BCUT2D eigenvalue weighted by Crippen LogP contribution is -2.34. The highest BCUT2D eigenvalue weighted by Crippen LogP contribution is 2.40. The Morgan fingerprint density at radius 1 is 1.10 bits per heavy atom. The van der Waals surface area contributed by atoms with E-state index in [0.717, 1.165) is 24.5 Å². The summed E-state index contributed by atoms with van der Waals surface area (Å²) in [6, 6.07) is 16.1. The van der Waals surface area contributed by atoms with E-state index in [4.69, 9.17) is 0 Å². The van der Waals surface area contributed by atoms with E-state index < -0.39 is 0 Å². The van der Waals surface area contributed by atoms with Crippen LogP contribution in [0.3, 0.4) is 0 Å². The predicted molar refractivity (Wildman–Crippen MR) is 120 cm³/mol. The van der Waals surface area contributed by atoms with Crippen molar-refractivity contribution in [3.8, 4) is 0 Å². The first-order chi connectivity index (χ1) is 14.3. The van der Waals surface area contributed by atoms with Gasteiger partial charge in [-0.25, -0.2) is 0 Å². The molecule has 3 aromatic rings. The number of aromatic nitrogens is 1. The first-order valence-electron chi connectivity index (χ1n) is 10.4. The van der Waals surface area contributed by atoms with E-state index in [0.29, 0.717) is 5.56 Å². The fourth-order valence-corrected chi connectivity index (χ4v) is 5.03. The van der Waals surface area contributed by atoms with Crippen molar-refractivity contribution in [3.05, 3.63) is 82.5 Å². The van der Waals surface area contributed by atoms with Gasteiger partial charge >= 0.3 is 0 Å². The Balaban J connectivity index is 1.72. The Labute approximate surface area is 176 Å². The van der Waals surface area contributed by atoms with Gasteiger partial charge in [0.05, 0.1) is 6.04 Å². The molecule has 0 aliphatic carbocycles. The largest absolute Gasteiger partial charge is 0.313 e. The molecule has 1 fully saturated rings. The summed E-state index contributed by atoms with van der Waals surface area (Å²) in [5.41, 5.74) is 3.12. The van der Waals surface area contributed by atoms with Crippen molar-refractivity contribution in [1.29, 1.82) is 0 Å². The number of nitrogens with one attached hydrogen (secondary N) is 1. The molecule has 0 saturated carbocycles. The van der Waals surface area contributed by atoms with Crippen LogP contribution in [0, 0.1) is 0 Å². The Hall–Kier alpha value is -2.50. The van der Waals surface area contributed by atoms with Crippen LogP contribution in [0.4, 0.5) is 5.00 Å². The van der Waals surface area contributed by atoms with Gasteiger partial charge in [0.2, 0.25) is 0 Å². The molecular formula is C24H27N3OS. The number of thiophene rings is 1. The summed E-state index contributed by atoms with van der Waals surface area (Å²) < 4.78 is 0. The van der Waals surface area contributed by atoms with E-state index in [9.17, 15) is 4.79 Å². The van der Waals surface area contributed by atoms with E-state index >= 15 is 0 Å². The molecule has 4 rings (SSSR count). The van der Waals surface area contributed by atoms with Crippen molar-refractivity contribution < 1.29 is 4.79 Å². The van der Waals surface area contributed by atoms with E-state index in [1.807, 2.05) is 42.7 Å². The molecule has 29 heavy (non-hydrogen) atoms. The minimum absolute atomic E-state index is 0.0523. The molecule has 1 atom stereocenters. The van der Waals surface area contributed by atoms with E-state index in [1.165, 1.54) is 35.3 Å². The lowest BCUT2D eigenvalue weighted by molar-refractivity contribution is 0.102. The molecule has 1 aliphatic rings. The van der Waals surface area contributed by atoms with Gasteiger partial charge in [-0.05, 0) is 68.2 Å². The Bertz CT molecular complexity index is 933. The topological polar surface area (TPSA) is 45.2 Å². The molecule has 4 nitrogen and oxygen atoms in total. The molecule has 150 valence electrons. The zero-order chi connectivity index (χ0) is 20.1. The summed E-state index contributed by atoms with van der Waals surface area (Å²) in [5.74, 6) is -0.0523. The van der Waals surface area contributed by atoms with Crippen molar-refractivity contribution in [3.63, 3.8) is 0 Å². The monoisotopic (exact) mass is 405 g/mol. The smallest absolute Gasteiger partial charge is 0.256 e. The van der Waals surface area contributed by atoms with Crippen LogP contribution in [0.5, 0.6) is 0 Å². The second kappa shape index (κ2) is 9.33. The second-order valence-corrected chi connectivity index (χ2v) is 8.59. The van der Waals surface area contributed by atoms with Gasteiger partial charge in [0.15, 0.2) is 0 Å². The zero-order valence-corrected chi connectivity index (χ0v) is 17.6. The summed E-state index contributed by atoms with van der Waals surface area (Å²) in [7, 11) is 0. The molecule has 1 N–H and O–H groups in total. The third-order valence-corrected chi connectivity index (χ3v) is 6.71. The van der Waals surface area contributed by atoms with Crippen LogP contribution in [-0.4, -0.2) is 28.9 Å². The third-order valence-electron chi connectivity index (χ3n) is 5.50. The Kier molecular flexibility index (Phi) is 6.37. The molecule has 0 unspecified atom stereocenters. The van der Waals surface area contributed by atoms with Crippen molar-refractivity contribution in [2.75, 3.05) is 18.4 Å². The van der Waals surface area contributed by atoms with Gasteiger partial charge in [0.25, 0.3) is 5.91 Å². The molecule has 1 aromatic carbocycles. The summed E-state index contributed by atoms with van der Waals surface area (Å²) >= 11 is 1.70. The van der Waals surface area contributed by atoms with Crippen molar-refractivity contribution in [2.24, 2.45) is 0 Å². The maximum Gasteiger partial charge on any atom is 0.256 e. The number of amides is 1. The number of anilines is 1. The molecule has 0 spiro atoms. The molecule has 5 heteroatoms. The first kappa shape index (κ1) is 19.8. The summed E-state index contributed by atoms with van der Waals surface area (Å²) in [6.07, 6.45) is 8.42. The van der Waals surface area contributed by atoms with Gasteiger partial charge in [-0.1, -0.05) is 31.5 Å². The normalized spacial score (nSPS) is 15.8. The summed E-state index contributed by atoms with van der Waals surface area (Å²) in [5, 5.41) is 4.17. The highest BCUT2D eigenvalue weighted by molar-refractivity contribution is 7.16. The quantitative estimate of drug-likeness (QED) is 0.586. The Morgan fingerprint density at radius 3 is 2.52 bits per heavy atom. The standard InChI is InChI=1S/C24H27N3OS/c1-2-20-17-21(24(29-20)26-23(28)19-9-5-3-6-10-19)22(18-11-13-25-14-12-18)27-15-7-4-8-16-27/h3,5-6,9-14,17,22H,2,4,7-8,15-16H2,1H3,(H,26,28)/t22-/m1/s1. The number of nitrogens with zero attached hydrogens (tertiary/aromatic N) is 2. The van der Waals surface area contributed by atoms with E-state index in [1.54, 1.807) is 11.3 Å². The molecule has 3 heterocycles. The van der Waals surface area contributed by atoms with Gasteiger partial charge in [-0.3, -0.25) is 14.7 Å².